The molecule has 0 aliphatic carbocycles. The van der Waals surface area contributed by atoms with Gasteiger partial charge < -0.3 is 25.0 Å². The quantitative estimate of drug-likeness (QED) is 0.490. The topological polar surface area (TPSA) is 61.4 Å². The molecule has 0 saturated carbocycles. The number of hydrogen-bond donors (Lipinski definition) is 2. The van der Waals surface area contributed by atoms with E-state index in [0.717, 1.165) is 56.7 Å². The second-order valence-electron chi connectivity index (χ2n) is 7.95. The van der Waals surface area contributed by atoms with Gasteiger partial charge in [0.2, 0.25) is 0 Å². The molecule has 28 heavy (non-hydrogen) atoms. The predicted molar refractivity (Wildman–Crippen MR) is 115 cm³/mol. The minimum Gasteiger partial charge on any atom is -0.492 e. The van der Waals surface area contributed by atoms with Crippen molar-refractivity contribution >= 4 is 5.96 Å². The van der Waals surface area contributed by atoms with Gasteiger partial charge in [-0.25, -0.2) is 0 Å². The molecular weight excluding hydrogens is 354 g/mol. The number of nitrogens with one attached hydrogen (secondary N) is 2. The normalized spacial score (nSPS) is 16.3. The fourth-order valence-electron chi connectivity index (χ4n) is 3.11. The summed E-state index contributed by atoms with van der Waals surface area (Å²) in [5.74, 6) is 1.71. The summed E-state index contributed by atoms with van der Waals surface area (Å²) in [5, 5.41) is 6.87. The zero-order valence-corrected chi connectivity index (χ0v) is 18.1. The van der Waals surface area contributed by atoms with Crippen LogP contribution < -0.4 is 15.4 Å². The number of hydrogen-bond acceptors (Lipinski definition) is 5. The van der Waals surface area contributed by atoms with E-state index in [9.17, 15) is 0 Å². The monoisotopic (exact) mass is 391 g/mol. The molecule has 1 saturated heterocycles. The van der Waals surface area contributed by atoms with Crippen LogP contribution in [0.25, 0.3) is 0 Å². The zero-order valence-electron chi connectivity index (χ0n) is 18.1. The van der Waals surface area contributed by atoms with Crippen molar-refractivity contribution in [1.29, 1.82) is 0 Å². The number of ether oxygens (including phenoxy) is 2. The Kier molecular flexibility index (Phi) is 9.02. The number of morpholine rings is 1. The van der Waals surface area contributed by atoms with Crippen molar-refractivity contribution in [2.45, 2.75) is 25.9 Å². The van der Waals surface area contributed by atoms with Crippen molar-refractivity contribution in [3.63, 3.8) is 0 Å². The van der Waals surface area contributed by atoms with Crippen LogP contribution in [-0.4, -0.2) is 88.4 Å². The molecule has 2 N–H and O–H groups in total. The molecule has 1 aromatic carbocycles. The first-order valence-corrected chi connectivity index (χ1v) is 10.0. The van der Waals surface area contributed by atoms with E-state index < -0.39 is 0 Å². The van der Waals surface area contributed by atoms with Crippen molar-refractivity contribution in [2.24, 2.45) is 4.99 Å². The molecule has 0 radical (unpaired) electrons. The van der Waals surface area contributed by atoms with E-state index >= 15 is 0 Å². The van der Waals surface area contributed by atoms with E-state index in [0.29, 0.717) is 13.2 Å². The molecule has 1 aliphatic rings. The van der Waals surface area contributed by atoms with Crippen molar-refractivity contribution < 1.29 is 9.47 Å². The summed E-state index contributed by atoms with van der Waals surface area (Å²) in [6.45, 7) is 11.1. The molecule has 1 fully saturated rings. The highest BCUT2D eigenvalue weighted by Crippen LogP contribution is 2.18. The SMILES string of the molecule is CN=C(NCc1ccccc1OCCN(C)C)NCC(C)(C)N1CCOCC1. The highest BCUT2D eigenvalue weighted by molar-refractivity contribution is 5.79. The summed E-state index contributed by atoms with van der Waals surface area (Å²) >= 11 is 0. The fourth-order valence-corrected chi connectivity index (χ4v) is 3.11. The van der Waals surface area contributed by atoms with Crippen molar-refractivity contribution in [3.05, 3.63) is 29.8 Å². The van der Waals surface area contributed by atoms with Gasteiger partial charge in [-0.2, -0.15) is 0 Å². The van der Waals surface area contributed by atoms with E-state index in [2.05, 4.69) is 45.3 Å². The van der Waals surface area contributed by atoms with Crippen molar-refractivity contribution in [3.8, 4) is 5.75 Å². The number of likely N-dealkylation sites (N-methyl/N-ethyl adjacent to an activating group) is 1. The smallest absolute Gasteiger partial charge is 0.191 e. The van der Waals surface area contributed by atoms with Crippen LogP contribution in [0.2, 0.25) is 0 Å². The summed E-state index contributed by atoms with van der Waals surface area (Å²) in [6, 6.07) is 8.15. The second-order valence-corrected chi connectivity index (χ2v) is 7.95. The highest BCUT2D eigenvalue weighted by Gasteiger charge is 2.28. The summed E-state index contributed by atoms with van der Waals surface area (Å²) < 4.78 is 11.4. The van der Waals surface area contributed by atoms with Crippen LogP contribution >= 0.6 is 0 Å². The summed E-state index contributed by atoms with van der Waals surface area (Å²) in [4.78, 5) is 8.95. The Balaban J connectivity index is 1.85. The van der Waals surface area contributed by atoms with Gasteiger partial charge in [-0.3, -0.25) is 9.89 Å². The zero-order chi connectivity index (χ0) is 20.4. The van der Waals surface area contributed by atoms with Crippen LogP contribution in [0, 0.1) is 0 Å². The first-order chi connectivity index (χ1) is 13.4. The van der Waals surface area contributed by atoms with E-state index in [1.165, 1.54) is 0 Å². The average molecular weight is 392 g/mol. The van der Waals surface area contributed by atoms with Crippen molar-refractivity contribution in [2.75, 3.05) is 67.1 Å². The van der Waals surface area contributed by atoms with Crippen molar-refractivity contribution in [1.82, 2.24) is 20.4 Å². The number of benzene rings is 1. The molecule has 1 aliphatic heterocycles. The molecule has 0 spiro atoms. The Morgan fingerprint density at radius 2 is 1.93 bits per heavy atom. The van der Waals surface area contributed by atoms with Gasteiger partial charge in [0.1, 0.15) is 12.4 Å². The molecule has 1 aromatic rings. The lowest BCUT2D eigenvalue weighted by Gasteiger charge is -2.41. The maximum atomic E-state index is 5.95. The highest BCUT2D eigenvalue weighted by atomic mass is 16.5. The summed E-state index contributed by atoms with van der Waals surface area (Å²) in [5.41, 5.74) is 1.16. The first kappa shape index (κ1) is 22.5. The summed E-state index contributed by atoms with van der Waals surface area (Å²) in [6.07, 6.45) is 0. The molecule has 7 heteroatoms. The molecule has 1 heterocycles. The van der Waals surface area contributed by atoms with Gasteiger partial charge in [0.25, 0.3) is 0 Å². The predicted octanol–water partition coefficient (Wildman–Crippen LogP) is 1.40. The molecule has 158 valence electrons. The molecular formula is C21H37N5O2. The van der Waals surface area contributed by atoms with E-state index in [1.54, 1.807) is 7.05 Å². The molecule has 0 bridgehead atoms. The Hall–Kier alpha value is -1.83. The van der Waals surface area contributed by atoms with E-state index in [-0.39, 0.29) is 5.54 Å². The minimum absolute atomic E-state index is 0.0363. The third kappa shape index (κ3) is 7.30. The Labute approximate surface area is 170 Å². The largest absolute Gasteiger partial charge is 0.492 e. The lowest BCUT2D eigenvalue weighted by molar-refractivity contribution is -0.00834. The Morgan fingerprint density at radius 1 is 1.21 bits per heavy atom. The van der Waals surface area contributed by atoms with Crippen LogP contribution in [0.5, 0.6) is 5.75 Å². The van der Waals surface area contributed by atoms with Gasteiger partial charge in [-0.1, -0.05) is 18.2 Å². The number of para-hydroxylation sites is 1. The second kappa shape index (κ2) is 11.2. The van der Waals surface area contributed by atoms with Crippen LogP contribution in [0.1, 0.15) is 19.4 Å². The molecule has 0 atom stereocenters. The van der Waals surface area contributed by atoms with Gasteiger partial charge in [-0.15, -0.1) is 0 Å². The number of guanidine groups is 1. The minimum atomic E-state index is 0.0363. The van der Waals surface area contributed by atoms with E-state index in [4.69, 9.17) is 9.47 Å². The molecule has 0 aromatic heterocycles. The lowest BCUT2D eigenvalue weighted by atomic mass is 10.0. The summed E-state index contributed by atoms with van der Waals surface area (Å²) in [7, 11) is 5.90. The third-order valence-electron chi connectivity index (χ3n) is 4.99. The van der Waals surface area contributed by atoms with Crippen LogP contribution in [0.4, 0.5) is 0 Å². The van der Waals surface area contributed by atoms with Crippen LogP contribution in [0.15, 0.2) is 29.3 Å². The number of rotatable bonds is 9. The molecule has 2 rings (SSSR count). The number of aliphatic imine (C=N–C) groups is 1. The maximum absolute atomic E-state index is 5.95. The maximum Gasteiger partial charge on any atom is 0.191 e. The Bertz CT molecular complexity index is 613. The van der Waals surface area contributed by atoms with Gasteiger partial charge in [-0.05, 0) is 34.0 Å². The molecule has 0 unspecified atom stereocenters. The molecule has 0 amide bonds. The number of nitrogens with zero attached hydrogens (tertiary/aromatic N) is 3. The first-order valence-electron chi connectivity index (χ1n) is 10.0. The van der Waals surface area contributed by atoms with Crippen LogP contribution in [-0.2, 0) is 11.3 Å². The van der Waals surface area contributed by atoms with E-state index in [1.807, 2.05) is 32.3 Å². The standard InChI is InChI=1S/C21H37N5O2/c1-21(2,26-11-13-27-14-12-26)17-24-20(22-3)23-16-18-8-6-7-9-19(18)28-15-10-25(4)5/h6-9H,10-17H2,1-5H3,(H2,22,23,24). The fraction of sp³-hybridized carbons (Fsp3) is 0.667. The van der Waals surface area contributed by atoms with Gasteiger partial charge in [0.05, 0.1) is 13.2 Å². The average Bonchev–Trinajstić information content (AvgIpc) is 2.69. The van der Waals surface area contributed by atoms with Gasteiger partial charge in [0.15, 0.2) is 5.96 Å². The van der Waals surface area contributed by atoms with Gasteiger partial charge in [0, 0.05) is 50.9 Å². The molecule has 7 nitrogen and oxygen atoms in total. The lowest BCUT2D eigenvalue weighted by Crippen LogP contribution is -2.56. The van der Waals surface area contributed by atoms with Crippen LogP contribution in [0.3, 0.4) is 0 Å². The Morgan fingerprint density at radius 3 is 2.61 bits per heavy atom. The van der Waals surface area contributed by atoms with Gasteiger partial charge >= 0.3 is 0 Å². The third-order valence-corrected chi connectivity index (χ3v) is 4.99.